The Bertz CT molecular complexity index is 1750. The van der Waals surface area contributed by atoms with Crippen LogP contribution in [0, 0.1) is 0 Å². The number of amides is 2. The van der Waals surface area contributed by atoms with E-state index in [1.54, 1.807) is 12.1 Å². The van der Waals surface area contributed by atoms with Crippen LogP contribution in [0.15, 0.2) is 66.7 Å². The molecule has 44 heavy (non-hydrogen) atoms. The average molecular weight is 592 g/mol. The fourth-order valence-corrected chi connectivity index (χ4v) is 7.23. The normalized spacial score (nSPS) is 17.4. The van der Waals surface area contributed by atoms with Crippen LogP contribution in [-0.2, 0) is 17.9 Å². The summed E-state index contributed by atoms with van der Waals surface area (Å²) in [5.74, 6) is -0.0945. The van der Waals surface area contributed by atoms with E-state index >= 15 is 0 Å². The molecule has 2 fully saturated rings. The van der Waals surface area contributed by atoms with Crippen molar-refractivity contribution in [2.45, 2.75) is 75.9 Å². The Hall–Kier alpha value is -4.59. The topological polar surface area (TPSA) is 110 Å². The SMILES string of the molecule is O=C(O)c1ccc(CNC(=O)C2(NC(=O)c3ccc4c(C5CCCCC5)c5n(c4c3)CCOc3ccccc3-5)CCC2)cc1. The summed E-state index contributed by atoms with van der Waals surface area (Å²) in [6.45, 7) is 1.50. The Morgan fingerprint density at radius 1 is 0.909 bits per heavy atom. The number of carbonyl (C=O) groups excluding carboxylic acids is 2. The molecule has 3 aromatic carbocycles. The van der Waals surface area contributed by atoms with Gasteiger partial charge in [-0.05, 0) is 85.5 Å². The molecule has 0 radical (unpaired) electrons. The molecule has 8 nitrogen and oxygen atoms in total. The van der Waals surface area contributed by atoms with E-state index in [-0.39, 0.29) is 23.9 Å². The molecular formula is C36H37N3O5. The molecule has 4 aromatic rings. The number of hydrogen-bond acceptors (Lipinski definition) is 4. The standard InChI is InChI=1S/C36H37N3O5/c40-33(38-36(17-6-18-36)35(43)37-22-23-11-13-25(14-12-23)34(41)42)26-15-16-27-29(21-26)39-19-20-44-30-10-5-4-9-28(30)32(39)31(27)24-7-2-1-3-8-24/h4-5,9-16,21,24H,1-3,6-8,17-20,22H2,(H,37,43)(H,38,40)(H,41,42). The van der Waals surface area contributed by atoms with Crippen molar-refractivity contribution in [1.82, 2.24) is 15.2 Å². The lowest BCUT2D eigenvalue weighted by atomic mass is 9.75. The van der Waals surface area contributed by atoms with Crippen LogP contribution in [-0.4, -0.2) is 39.6 Å². The van der Waals surface area contributed by atoms with Gasteiger partial charge in [-0.2, -0.15) is 0 Å². The zero-order chi connectivity index (χ0) is 30.3. The molecule has 2 saturated carbocycles. The second kappa shape index (κ2) is 11.5. The number of nitrogens with zero attached hydrogens (tertiary/aromatic N) is 1. The number of benzene rings is 3. The highest BCUT2D eigenvalue weighted by Crippen LogP contribution is 2.47. The average Bonchev–Trinajstić information content (AvgIpc) is 3.23. The van der Waals surface area contributed by atoms with Gasteiger partial charge in [-0.15, -0.1) is 0 Å². The molecule has 1 aromatic heterocycles. The first-order valence-corrected chi connectivity index (χ1v) is 15.7. The molecule has 226 valence electrons. The number of carboxylic acid groups (broad SMARTS) is 1. The predicted molar refractivity (Wildman–Crippen MR) is 168 cm³/mol. The maximum atomic E-state index is 13.7. The van der Waals surface area contributed by atoms with Crippen LogP contribution in [0.5, 0.6) is 5.75 Å². The van der Waals surface area contributed by atoms with E-state index in [0.29, 0.717) is 37.5 Å². The first-order valence-electron chi connectivity index (χ1n) is 15.7. The van der Waals surface area contributed by atoms with Crippen LogP contribution < -0.4 is 15.4 Å². The van der Waals surface area contributed by atoms with Crippen molar-refractivity contribution < 1.29 is 24.2 Å². The fourth-order valence-electron chi connectivity index (χ4n) is 7.23. The van der Waals surface area contributed by atoms with Crippen molar-refractivity contribution in [3.05, 3.63) is 89.0 Å². The van der Waals surface area contributed by atoms with Gasteiger partial charge in [0.2, 0.25) is 5.91 Å². The molecule has 1 aliphatic heterocycles. The van der Waals surface area contributed by atoms with Crippen LogP contribution in [0.2, 0.25) is 0 Å². The van der Waals surface area contributed by atoms with Crippen LogP contribution in [0.3, 0.4) is 0 Å². The molecule has 0 spiro atoms. The van der Waals surface area contributed by atoms with Gasteiger partial charge < -0.3 is 25.0 Å². The fraction of sp³-hybridized carbons (Fsp3) is 0.361. The van der Waals surface area contributed by atoms with Gasteiger partial charge in [-0.1, -0.05) is 49.6 Å². The quantitative estimate of drug-likeness (QED) is 0.230. The first-order chi connectivity index (χ1) is 21.4. The number of hydrogen-bond donors (Lipinski definition) is 3. The Morgan fingerprint density at radius 2 is 1.66 bits per heavy atom. The summed E-state index contributed by atoms with van der Waals surface area (Å²) in [7, 11) is 0. The number of carboxylic acids is 1. The molecule has 2 heterocycles. The van der Waals surface area contributed by atoms with Crippen molar-refractivity contribution >= 4 is 28.7 Å². The molecule has 8 heteroatoms. The van der Waals surface area contributed by atoms with E-state index in [1.807, 2.05) is 24.3 Å². The van der Waals surface area contributed by atoms with E-state index in [1.165, 1.54) is 60.9 Å². The highest BCUT2D eigenvalue weighted by atomic mass is 16.5. The van der Waals surface area contributed by atoms with Crippen molar-refractivity contribution in [2.75, 3.05) is 6.61 Å². The lowest BCUT2D eigenvalue weighted by Crippen LogP contribution is -2.62. The molecule has 3 aliphatic rings. The third-order valence-corrected chi connectivity index (χ3v) is 9.74. The third kappa shape index (κ3) is 5.02. The van der Waals surface area contributed by atoms with Gasteiger partial charge in [0, 0.05) is 28.6 Å². The zero-order valence-corrected chi connectivity index (χ0v) is 24.7. The van der Waals surface area contributed by atoms with Crippen LogP contribution in [0.25, 0.3) is 22.2 Å². The minimum Gasteiger partial charge on any atom is -0.491 e. The van der Waals surface area contributed by atoms with Gasteiger partial charge in [-0.3, -0.25) is 9.59 Å². The maximum absolute atomic E-state index is 13.7. The number of aromatic carboxylic acids is 1. The molecular weight excluding hydrogens is 554 g/mol. The van der Waals surface area contributed by atoms with Crippen LogP contribution in [0.1, 0.15) is 89.1 Å². The van der Waals surface area contributed by atoms with Gasteiger partial charge in [0.15, 0.2) is 0 Å². The number of aromatic nitrogens is 1. The highest BCUT2D eigenvalue weighted by Gasteiger charge is 2.45. The molecule has 0 bridgehead atoms. The van der Waals surface area contributed by atoms with E-state index in [2.05, 4.69) is 33.4 Å². The Labute approximate surface area is 256 Å². The van der Waals surface area contributed by atoms with E-state index in [0.717, 1.165) is 28.8 Å². The Balaban J connectivity index is 1.17. The maximum Gasteiger partial charge on any atom is 0.335 e. The molecule has 0 atom stereocenters. The predicted octanol–water partition coefficient (Wildman–Crippen LogP) is 6.42. The summed E-state index contributed by atoms with van der Waals surface area (Å²) in [6.07, 6.45) is 8.07. The van der Waals surface area contributed by atoms with Crippen molar-refractivity contribution in [3.63, 3.8) is 0 Å². The summed E-state index contributed by atoms with van der Waals surface area (Å²) in [6, 6.07) is 20.7. The summed E-state index contributed by atoms with van der Waals surface area (Å²) < 4.78 is 8.51. The van der Waals surface area contributed by atoms with E-state index < -0.39 is 11.5 Å². The Morgan fingerprint density at radius 3 is 2.39 bits per heavy atom. The number of ether oxygens (including phenoxy) is 1. The second-order valence-electron chi connectivity index (χ2n) is 12.4. The minimum absolute atomic E-state index is 0.197. The lowest BCUT2D eigenvalue weighted by molar-refractivity contribution is -0.130. The first kappa shape index (κ1) is 28.2. The summed E-state index contributed by atoms with van der Waals surface area (Å²) >= 11 is 0. The summed E-state index contributed by atoms with van der Waals surface area (Å²) in [4.78, 5) is 38.2. The van der Waals surface area contributed by atoms with Crippen molar-refractivity contribution in [2.24, 2.45) is 0 Å². The summed E-state index contributed by atoms with van der Waals surface area (Å²) in [5, 5.41) is 16.4. The highest BCUT2D eigenvalue weighted by molar-refractivity contribution is 6.03. The van der Waals surface area contributed by atoms with Gasteiger partial charge in [-0.25, -0.2) is 4.79 Å². The molecule has 0 unspecified atom stereocenters. The van der Waals surface area contributed by atoms with Crippen LogP contribution in [0.4, 0.5) is 0 Å². The molecule has 2 amide bonds. The largest absolute Gasteiger partial charge is 0.491 e. The molecule has 2 aliphatic carbocycles. The van der Waals surface area contributed by atoms with Gasteiger partial charge >= 0.3 is 5.97 Å². The number of carbonyl (C=O) groups is 3. The zero-order valence-electron chi connectivity index (χ0n) is 24.7. The van der Waals surface area contributed by atoms with Crippen LogP contribution >= 0.6 is 0 Å². The number of para-hydroxylation sites is 1. The minimum atomic E-state index is -0.991. The third-order valence-electron chi connectivity index (χ3n) is 9.74. The van der Waals surface area contributed by atoms with E-state index in [4.69, 9.17) is 9.84 Å². The van der Waals surface area contributed by atoms with Crippen molar-refractivity contribution in [1.29, 1.82) is 0 Å². The number of rotatable bonds is 7. The number of fused-ring (bicyclic) bond motifs is 5. The summed E-state index contributed by atoms with van der Waals surface area (Å²) in [5.41, 5.74) is 5.30. The lowest BCUT2D eigenvalue weighted by Gasteiger charge is -2.40. The molecule has 0 saturated heterocycles. The monoisotopic (exact) mass is 591 g/mol. The molecule has 3 N–H and O–H groups in total. The smallest absolute Gasteiger partial charge is 0.335 e. The second-order valence-corrected chi connectivity index (χ2v) is 12.4. The number of nitrogens with one attached hydrogen (secondary N) is 2. The van der Waals surface area contributed by atoms with Gasteiger partial charge in [0.25, 0.3) is 5.91 Å². The van der Waals surface area contributed by atoms with Gasteiger partial charge in [0.05, 0.1) is 17.8 Å². The molecule has 7 rings (SSSR count). The Kier molecular flexibility index (Phi) is 7.36. The van der Waals surface area contributed by atoms with Crippen molar-refractivity contribution in [3.8, 4) is 17.0 Å². The van der Waals surface area contributed by atoms with E-state index in [9.17, 15) is 14.4 Å². The van der Waals surface area contributed by atoms with Gasteiger partial charge in [0.1, 0.15) is 17.9 Å².